The van der Waals surface area contributed by atoms with Gasteiger partial charge < -0.3 is 15.0 Å². The van der Waals surface area contributed by atoms with Crippen molar-refractivity contribution in [1.82, 2.24) is 10.2 Å². The minimum Gasteiger partial charge on any atom is -0.495 e. The fourth-order valence-corrected chi connectivity index (χ4v) is 6.39. The Balaban J connectivity index is 1.78. The van der Waals surface area contributed by atoms with Crippen LogP contribution < -0.4 is 14.4 Å². The van der Waals surface area contributed by atoms with Crippen LogP contribution in [0.3, 0.4) is 0 Å². The van der Waals surface area contributed by atoms with Crippen LogP contribution in [0.2, 0.25) is 5.02 Å². The number of carbonyl (C=O) groups excluding carboxylic acids is 2. The van der Waals surface area contributed by atoms with Crippen LogP contribution in [0.5, 0.6) is 5.75 Å². The molecule has 0 heterocycles. The molecule has 0 radical (unpaired) electrons. The van der Waals surface area contributed by atoms with Crippen molar-refractivity contribution in [2.75, 3.05) is 24.2 Å². The van der Waals surface area contributed by atoms with E-state index in [2.05, 4.69) is 5.32 Å². The van der Waals surface area contributed by atoms with Gasteiger partial charge in [-0.1, -0.05) is 66.9 Å². The third-order valence-electron chi connectivity index (χ3n) is 7.54. The van der Waals surface area contributed by atoms with E-state index in [0.717, 1.165) is 47.9 Å². The van der Waals surface area contributed by atoms with Crippen LogP contribution in [0.4, 0.5) is 11.4 Å². The van der Waals surface area contributed by atoms with Gasteiger partial charge in [-0.15, -0.1) is 0 Å². The normalized spacial score (nSPS) is 14.1. The largest absolute Gasteiger partial charge is 0.495 e. The van der Waals surface area contributed by atoms with Crippen LogP contribution in [0.1, 0.15) is 36.8 Å². The van der Waals surface area contributed by atoms with Crippen molar-refractivity contribution in [3.63, 3.8) is 0 Å². The average molecular weight is 643 g/mol. The Bertz CT molecular complexity index is 1600. The van der Waals surface area contributed by atoms with Crippen LogP contribution in [0, 0.1) is 10.1 Å². The minimum atomic E-state index is -4.16. The number of hydrogen-bond donors (Lipinski definition) is 1. The summed E-state index contributed by atoms with van der Waals surface area (Å²) in [5, 5.41) is 15.1. The predicted molar refractivity (Wildman–Crippen MR) is 168 cm³/mol. The first-order valence-electron chi connectivity index (χ1n) is 14.1. The topological polar surface area (TPSA) is 139 Å². The maximum Gasteiger partial charge on any atom is 0.271 e. The number of carbonyl (C=O) groups is 2. The summed E-state index contributed by atoms with van der Waals surface area (Å²) in [4.78, 5) is 40.4. The molecule has 1 atom stereocenters. The van der Waals surface area contributed by atoms with Gasteiger partial charge in [-0.25, -0.2) is 8.42 Å². The molecular formula is C31H35ClN4O7S. The van der Waals surface area contributed by atoms with E-state index in [1.165, 1.54) is 24.1 Å². The summed E-state index contributed by atoms with van der Waals surface area (Å²) >= 11 is 6.25. The Morgan fingerprint density at radius 1 is 1.05 bits per heavy atom. The summed E-state index contributed by atoms with van der Waals surface area (Å²) < 4.78 is 32.3. The van der Waals surface area contributed by atoms with Gasteiger partial charge in [-0.05, 0) is 42.2 Å². The Kier molecular flexibility index (Phi) is 10.8. The number of amides is 2. The molecule has 44 heavy (non-hydrogen) atoms. The SMILES string of the molecule is COc1ccc([N+](=O)[O-])cc1N(CC(=O)N(Cc1cccc(Cl)c1)C(Cc1ccccc1)C(=O)NC1CCCC1)S(C)(=O)=O. The lowest BCUT2D eigenvalue weighted by atomic mass is 10.0. The van der Waals surface area contributed by atoms with Crippen LogP contribution in [0.15, 0.2) is 72.8 Å². The number of nitro benzene ring substituents is 1. The second kappa shape index (κ2) is 14.5. The molecule has 1 fully saturated rings. The lowest BCUT2D eigenvalue weighted by Gasteiger charge is -2.34. The molecule has 1 unspecified atom stereocenters. The van der Waals surface area contributed by atoms with E-state index in [1.807, 2.05) is 30.3 Å². The Morgan fingerprint density at radius 2 is 1.73 bits per heavy atom. The Hall–Kier alpha value is -4.16. The van der Waals surface area contributed by atoms with Gasteiger partial charge in [0.05, 0.1) is 18.3 Å². The van der Waals surface area contributed by atoms with E-state index < -0.39 is 33.4 Å². The second-order valence-electron chi connectivity index (χ2n) is 10.7. The highest BCUT2D eigenvalue weighted by Crippen LogP contribution is 2.34. The fourth-order valence-electron chi connectivity index (χ4n) is 5.34. The molecule has 11 nitrogen and oxygen atoms in total. The van der Waals surface area contributed by atoms with Crippen LogP contribution in [0.25, 0.3) is 0 Å². The highest BCUT2D eigenvalue weighted by Gasteiger charge is 2.35. The number of methoxy groups -OCH3 is 1. The van der Waals surface area contributed by atoms with Crippen molar-refractivity contribution in [2.45, 2.75) is 50.7 Å². The van der Waals surface area contributed by atoms with Gasteiger partial charge in [-0.2, -0.15) is 0 Å². The van der Waals surface area contributed by atoms with Crippen LogP contribution >= 0.6 is 11.6 Å². The van der Waals surface area contributed by atoms with E-state index in [-0.39, 0.29) is 42.0 Å². The third kappa shape index (κ3) is 8.48. The number of ether oxygens (including phenoxy) is 1. The second-order valence-corrected chi connectivity index (χ2v) is 13.1. The summed E-state index contributed by atoms with van der Waals surface area (Å²) in [5.41, 5.74) is 0.894. The number of halogens is 1. The lowest BCUT2D eigenvalue weighted by Crippen LogP contribution is -2.54. The smallest absolute Gasteiger partial charge is 0.271 e. The number of hydrogen-bond acceptors (Lipinski definition) is 7. The quantitative estimate of drug-likeness (QED) is 0.210. The molecule has 0 aliphatic heterocycles. The van der Waals surface area contributed by atoms with E-state index in [4.69, 9.17) is 16.3 Å². The number of nitrogens with one attached hydrogen (secondary N) is 1. The molecule has 13 heteroatoms. The predicted octanol–water partition coefficient (Wildman–Crippen LogP) is 4.72. The van der Waals surface area contributed by atoms with Gasteiger partial charge in [0.1, 0.15) is 24.0 Å². The van der Waals surface area contributed by atoms with Gasteiger partial charge in [0, 0.05) is 36.2 Å². The van der Waals surface area contributed by atoms with Crippen molar-refractivity contribution in [3.8, 4) is 5.75 Å². The first kappa shape index (κ1) is 32.7. The molecule has 1 aliphatic carbocycles. The van der Waals surface area contributed by atoms with E-state index >= 15 is 0 Å². The maximum atomic E-state index is 14.3. The van der Waals surface area contributed by atoms with E-state index in [1.54, 1.807) is 24.3 Å². The molecule has 4 rings (SSSR count). The summed E-state index contributed by atoms with van der Waals surface area (Å²) in [6.45, 7) is -0.780. The Morgan fingerprint density at radius 3 is 2.34 bits per heavy atom. The minimum absolute atomic E-state index is 0.0226. The molecule has 0 bridgehead atoms. The van der Waals surface area contributed by atoms with Crippen molar-refractivity contribution in [3.05, 3.63) is 99.1 Å². The molecule has 3 aromatic carbocycles. The summed E-state index contributed by atoms with van der Waals surface area (Å²) in [5.74, 6) is -1.02. The number of benzene rings is 3. The number of nitro groups is 1. The molecule has 0 aromatic heterocycles. The molecule has 1 aliphatic rings. The van der Waals surface area contributed by atoms with Crippen molar-refractivity contribution in [1.29, 1.82) is 0 Å². The summed E-state index contributed by atoms with van der Waals surface area (Å²) in [6, 6.07) is 18.6. The van der Waals surface area contributed by atoms with E-state index in [9.17, 15) is 28.1 Å². The van der Waals surface area contributed by atoms with Gasteiger partial charge in [0.15, 0.2) is 0 Å². The fraction of sp³-hybridized carbons (Fsp3) is 0.355. The molecule has 1 saturated carbocycles. The summed E-state index contributed by atoms with van der Waals surface area (Å²) in [7, 11) is -2.87. The zero-order valence-corrected chi connectivity index (χ0v) is 26.1. The highest BCUT2D eigenvalue weighted by atomic mass is 35.5. The molecular weight excluding hydrogens is 608 g/mol. The van der Waals surface area contributed by atoms with Crippen LogP contribution in [-0.4, -0.2) is 62.0 Å². The zero-order chi connectivity index (χ0) is 31.9. The molecule has 2 amide bonds. The van der Waals surface area contributed by atoms with E-state index in [0.29, 0.717) is 10.6 Å². The number of nitrogens with zero attached hydrogens (tertiary/aromatic N) is 3. The number of non-ortho nitro benzene ring substituents is 1. The third-order valence-corrected chi connectivity index (χ3v) is 8.90. The van der Waals surface area contributed by atoms with Gasteiger partial charge in [0.2, 0.25) is 21.8 Å². The highest BCUT2D eigenvalue weighted by molar-refractivity contribution is 7.92. The van der Waals surface area contributed by atoms with Gasteiger partial charge in [0.25, 0.3) is 5.69 Å². The first-order chi connectivity index (χ1) is 21.0. The summed E-state index contributed by atoms with van der Waals surface area (Å²) in [6.07, 6.45) is 4.72. The van der Waals surface area contributed by atoms with Crippen molar-refractivity contribution >= 4 is 44.8 Å². The van der Waals surface area contributed by atoms with Crippen molar-refractivity contribution < 1.29 is 27.7 Å². The lowest BCUT2D eigenvalue weighted by molar-refractivity contribution is -0.384. The molecule has 1 N–H and O–H groups in total. The average Bonchev–Trinajstić information content (AvgIpc) is 3.50. The van der Waals surface area contributed by atoms with Gasteiger partial charge in [-0.3, -0.25) is 24.0 Å². The number of sulfonamides is 1. The Labute approximate surface area is 262 Å². The number of anilines is 1. The molecule has 0 saturated heterocycles. The monoisotopic (exact) mass is 642 g/mol. The first-order valence-corrected chi connectivity index (χ1v) is 16.4. The standard InChI is InChI=1S/C31H35ClN4O7S/c1-43-29-16-15-26(36(39)40)19-27(29)35(44(2,41)42)21-30(37)34(20-23-11-8-12-24(32)17-23)28(18-22-9-4-3-5-10-22)31(38)33-25-13-6-7-14-25/h3-5,8-12,15-17,19,25,28H,6-7,13-14,18,20-21H2,1-2H3,(H,33,38). The number of rotatable bonds is 13. The van der Waals surface area contributed by atoms with Crippen LogP contribution in [-0.2, 0) is 32.6 Å². The molecule has 234 valence electrons. The molecule has 3 aromatic rings. The molecule has 0 spiro atoms. The zero-order valence-electron chi connectivity index (χ0n) is 24.5. The van der Waals surface area contributed by atoms with Crippen molar-refractivity contribution in [2.24, 2.45) is 0 Å². The maximum absolute atomic E-state index is 14.3. The van der Waals surface area contributed by atoms with Gasteiger partial charge >= 0.3 is 0 Å².